The van der Waals surface area contributed by atoms with Crippen LogP contribution >= 0.6 is 0 Å². The summed E-state index contributed by atoms with van der Waals surface area (Å²) in [4.78, 5) is 33.1. The molecule has 4 aromatic rings. The third-order valence-electron chi connectivity index (χ3n) is 7.60. The molecule has 4 heterocycles. The molecule has 3 aromatic carbocycles. The van der Waals surface area contributed by atoms with Gasteiger partial charge >= 0.3 is 0 Å². The van der Waals surface area contributed by atoms with E-state index in [1.165, 1.54) is 0 Å². The fourth-order valence-electron chi connectivity index (χ4n) is 5.55. The van der Waals surface area contributed by atoms with Gasteiger partial charge in [-0.2, -0.15) is 0 Å². The molecule has 0 spiro atoms. The van der Waals surface area contributed by atoms with Crippen LogP contribution in [0.2, 0.25) is 0 Å². The van der Waals surface area contributed by atoms with Crippen molar-refractivity contribution >= 4 is 11.8 Å². The Morgan fingerprint density at radius 2 is 1.93 bits per heavy atom. The lowest BCUT2D eigenvalue weighted by molar-refractivity contribution is -0.123. The van der Waals surface area contributed by atoms with E-state index < -0.39 is 6.04 Å². The van der Waals surface area contributed by atoms with Gasteiger partial charge in [0.1, 0.15) is 17.3 Å². The number of aromatic nitrogens is 2. The molecule has 6 bridgehead atoms. The second-order valence-electron chi connectivity index (χ2n) is 10.2. The predicted octanol–water partition coefficient (Wildman–Crippen LogP) is 4.16. The third kappa shape index (κ3) is 5.23. The number of fused-ring (bicyclic) bond motifs is 8. The maximum Gasteiger partial charge on any atom is 0.272 e. The molecule has 0 saturated heterocycles. The molecule has 3 aliphatic rings. The zero-order valence-electron chi connectivity index (χ0n) is 23.1. The fraction of sp³-hybridized carbons (Fsp3) is 0.281. The first-order chi connectivity index (χ1) is 20.0. The van der Waals surface area contributed by atoms with Crippen LogP contribution < -0.4 is 19.5 Å². The van der Waals surface area contributed by atoms with Gasteiger partial charge in [0.15, 0.2) is 18.1 Å². The maximum atomic E-state index is 14.3. The van der Waals surface area contributed by atoms with Crippen molar-refractivity contribution in [1.82, 2.24) is 19.8 Å². The molecule has 41 heavy (non-hydrogen) atoms. The zero-order chi connectivity index (χ0) is 28.3. The van der Waals surface area contributed by atoms with Crippen molar-refractivity contribution in [2.75, 3.05) is 33.4 Å². The van der Waals surface area contributed by atoms with Crippen LogP contribution in [0.4, 0.5) is 0 Å². The quantitative estimate of drug-likeness (QED) is 0.410. The molecule has 1 unspecified atom stereocenters. The Bertz CT molecular complexity index is 1580. The molecule has 2 amide bonds. The number of hydrogen-bond acceptors (Lipinski definition) is 6. The Hall–Kier alpha value is -4.79. The number of amides is 2. The Balaban J connectivity index is 1.44. The predicted molar refractivity (Wildman–Crippen MR) is 153 cm³/mol. The summed E-state index contributed by atoms with van der Waals surface area (Å²) in [5, 5.41) is 2.86. The average molecular weight is 553 g/mol. The van der Waals surface area contributed by atoms with Crippen molar-refractivity contribution in [3.63, 3.8) is 0 Å². The number of hydrogen-bond donors (Lipinski definition) is 1. The molecule has 9 nitrogen and oxygen atoms in total. The summed E-state index contributed by atoms with van der Waals surface area (Å²) in [5.74, 6) is 2.12. The highest BCUT2D eigenvalue weighted by Gasteiger charge is 2.35. The van der Waals surface area contributed by atoms with Gasteiger partial charge in [0.2, 0.25) is 0 Å². The highest BCUT2D eigenvalue weighted by molar-refractivity contribution is 5.94. The van der Waals surface area contributed by atoms with Gasteiger partial charge in [-0.3, -0.25) is 9.59 Å². The van der Waals surface area contributed by atoms with E-state index in [1.54, 1.807) is 13.3 Å². The second kappa shape index (κ2) is 11.4. The number of benzene rings is 3. The molecule has 1 aromatic heterocycles. The van der Waals surface area contributed by atoms with Crippen LogP contribution in [-0.2, 0) is 18.3 Å². The Labute approximate surface area is 238 Å². The topological polar surface area (TPSA) is 94.9 Å². The first kappa shape index (κ1) is 26.4. The molecule has 7 rings (SSSR count). The number of ether oxygens (including phenoxy) is 3. The van der Waals surface area contributed by atoms with Crippen LogP contribution in [0.1, 0.15) is 39.6 Å². The molecule has 0 radical (unpaired) electrons. The number of methoxy groups -OCH3 is 1. The lowest BCUT2D eigenvalue weighted by Crippen LogP contribution is -2.41. The summed E-state index contributed by atoms with van der Waals surface area (Å²) in [7, 11) is 3.44. The third-order valence-corrected chi connectivity index (χ3v) is 7.60. The molecule has 0 aliphatic carbocycles. The van der Waals surface area contributed by atoms with E-state index in [9.17, 15) is 9.59 Å². The smallest absolute Gasteiger partial charge is 0.272 e. The number of carbonyl (C=O) groups is 2. The van der Waals surface area contributed by atoms with Crippen molar-refractivity contribution in [3.8, 4) is 28.6 Å². The minimum absolute atomic E-state index is 0.116. The van der Waals surface area contributed by atoms with Gasteiger partial charge in [0.25, 0.3) is 11.8 Å². The summed E-state index contributed by atoms with van der Waals surface area (Å²) >= 11 is 0. The van der Waals surface area contributed by atoms with Gasteiger partial charge in [0, 0.05) is 25.7 Å². The maximum absolute atomic E-state index is 14.3. The van der Waals surface area contributed by atoms with E-state index in [2.05, 4.69) is 10.3 Å². The lowest BCUT2D eigenvalue weighted by Gasteiger charge is -2.38. The van der Waals surface area contributed by atoms with Crippen LogP contribution in [0.5, 0.6) is 17.2 Å². The molecule has 0 fully saturated rings. The SMILES string of the molecule is COc1cc2c3cc1OCC(=O)NCCCOc1cccc(c1)C2N(C(=O)c1cnc(-c2ccccc2)n1C)CC3. The van der Waals surface area contributed by atoms with Gasteiger partial charge < -0.3 is 29.0 Å². The summed E-state index contributed by atoms with van der Waals surface area (Å²) in [6.45, 7) is 1.29. The van der Waals surface area contributed by atoms with Crippen LogP contribution in [0.3, 0.4) is 0 Å². The summed E-state index contributed by atoms with van der Waals surface area (Å²) in [6, 6.07) is 21.1. The molecule has 9 heteroatoms. The molecule has 1 atom stereocenters. The van der Waals surface area contributed by atoms with Gasteiger partial charge in [0.05, 0.1) is 26.0 Å². The van der Waals surface area contributed by atoms with E-state index in [0.29, 0.717) is 55.5 Å². The molecule has 210 valence electrons. The standard InChI is InChI=1S/C32H32N4O5/c1-35-26(19-34-31(35)21-8-4-3-5-9-21)32(38)36-14-12-22-17-28-27(39-2)18-25(22)30(36)23-10-6-11-24(16-23)40-15-7-13-33-29(37)20-41-28/h3-6,8-11,16-19,30H,7,12-15,20H2,1-2H3,(H,33,37). The van der Waals surface area contributed by atoms with E-state index in [1.807, 2.05) is 83.2 Å². The van der Waals surface area contributed by atoms with Crippen LogP contribution in [-0.4, -0.2) is 59.7 Å². The van der Waals surface area contributed by atoms with Crippen molar-refractivity contribution in [3.05, 3.63) is 95.3 Å². The van der Waals surface area contributed by atoms with Crippen molar-refractivity contribution in [2.24, 2.45) is 7.05 Å². The van der Waals surface area contributed by atoms with Gasteiger partial charge in [-0.05, 0) is 53.8 Å². The van der Waals surface area contributed by atoms with E-state index in [0.717, 1.165) is 28.1 Å². The number of nitrogens with one attached hydrogen (secondary N) is 1. The zero-order valence-corrected chi connectivity index (χ0v) is 23.1. The van der Waals surface area contributed by atoms with Crippen molar-refractivity contribution in [1.29, 1.82) is 0 Å². The Kier molecular flexibility index (Phi) is 7.33. The number of nitrogens with zero attached hydrogens (tertiary/aromatic N) is 3. The summed E-state index contributed by atoms with van der Waals surface area (Å²) < 4.78 is 19.5. The first-order valence-electron chi connectivity index (χ1n) is 13.7. The van der Waals surface area contributed by atoms with Crippen LogP contribution in [0, 0.1) is 0 Å². The monoisotopic (exact) mass is 552 g/mol. The Morgan fingerprint density at radius 3 is 2.76 bits per heavy atom. The molecular formula is C32H32N4O5. The summed E-state index contributed by atoms with van der Waals surface area (Å²) in [5.41, 5.74) is 4.35. The lowest BCUT2D eigenvalue weighted by atomic mass is 9.87. The van der Waals surface area contributed by atoms with Crippen molar-refractivity contribution < 1.29 is 23.8 Å². The van der Waals surface area contributed by atoms with Crippen LogP contribution in [0.25, 0.3) is 11.4 Å². The summed E-state index contributed by atoms with van der Waals surface area (Å²) in [6.07, 6.45) is 2.91. The van der Waals surface area contributed by atoms with Gasteiger partial charge in [-0.1, -0.05) is 42.5 Å². The Morgan fingerprint density at radius 1 is 1.07 bits per heavy atom. The highest BCUT2D eigenvalue weighted by atomic mass is 16.5. The number of rotatable bonds is 3. The highest BCUT2D eigenvalue weighted by Crippen LogP contribution is 2.42. The number of carbonyl (C=O) groups excluding carboxylic acids is 2. The van der Waals surface area contributed by atoms with E-state index in [-0.39, 0.29) is 18.4 Å². The van der Waals surface area contributed by atoms with E-state index >= 15 is 0 Å². The minimum atomic E-state index is -0.399. The van der Waals surface area contributed by atoms with Gasteiger partial charge in [-0.25, -0.2) is 4.98 Å². The van der Waals surface area contributed by atoms with Gasteiger partial charge in [-0.15, -0.1) is 0 Å². The molecule has 0 saturated carbocycles. The molecular weight excluding hydrogens is 520 g/mol. The second-order valence-corrected chi connectivity index (χ2v) is 10.2. The number of imidazole rings is 1. The fourth-order valence-corrected chi connectivity index (χ4v) is 5.55. The molecule has 3 aliphatic heterocycles. The van der Waals surface area contributed by atoms with Crippen molar-refractivity contribution in [2.45, 2.75) is 18.9 Å². The minimum Gasteiger partial charge on any atom is -0.494 e. The van der Waals surface area contributed by atoms with E-state index in [4.69, 9.17) is 14.2 Å². The largest absolute Gasteiger partial charge is 0.494 e. The normalized spacial score (nSPS) is 16.9. The van der Waals surface area contributed by atoms with Crippen LogP contribution in [0.15, 0.2) is 72.9 Å². The average Bonchev–Trinajstić information content (AvgIpc) is 3.39. The first-order valence-corrected chi connectivity index (χ1v) is 13.7. The molecule has 1 N–H and O–H groups in total.